The number of fused-ring (bicyclic) bond motifs is 2. The molecule has 42 heavy (non-hydrogen) atoms. The largest absolute Gasteiger partial charge is 0.508 e. The number of carbonyl (C=O) groups is 4. The van der Waals surface area contributed by atoms with Crippen molar-refractivity contribution in [3.05, 3.63) is 102 Å². The summed E-state index contributed by atoms with van der Waals surface area (Å²) in [5, 5.41) is 13.4. The van der Waals surface area contributed by atoms with Crippen LogP contribution in [-0.4, -0.2) is 82.5 Å². The lowest BCUT2D eigenvalue weighted by molar-refractivity contribution is -0.138. The Hall–Kier alpha value is -4.99. The second-order valence-electron chi connectivity index (χ2n) is 10.9. The number of phenols is 1. The molecule has 2 aliphatic rings. The van der Waals surface area contributed by atoms with E-state index in [1.54, 1.807) is 65.7 Å². The van der Waals surface area contributed by atoms with Gasteiger partial charge in [-0.05, 0) is 54.4 Å². The number of nitrogens with one attached hydrogen (secondary N) is 1. The van der Waals surface area contributed by atoms with Crippen LogP contribution in [0, 0.1) is 0 Å². The van der Waals surface area contributed by atoms with Gasteiger partial charge in [0, 0.05) is 35.7 Å². The summed E-state index contributed by atoms with van der Waals surface area (Å²) in [4.78, 5) is 61.5. The van der Waals surface area contributed by atoms with Crippen LogP contribution in [0.15, 0.2) is 85.1 Å². The Morgan fingerprint density at radius 3 is 2.57 bits per heavy atom. The minimum absolute atomic E-state index is 0.0820. The van der Waals surface area contributed by atoms with Gasteiger partial charge in [-0.3, -0.25) is 24.2 Å². The first kappa shape index (κ1) is 27.2. The predicted molar refractivity (Wildman–Crippen MR) is 159 cm³/mol. The molecule has 0 unspecified atom stereocenters. The maximum atomic E-state index is 14.0. The average Bonchev–Trinajstić information content (AvgIpc) is 3.58. The normalized spacial score (nSPS) is 18.6. The molecule has 3 heterocycles. The molecule has 2 fully saturated rings. The molecule has 4 aromatic rings. The van der Waals surface area contributed by atoms with Crippen molar-refractivity contribution < 1.29 is 24.3 Å². The Morgan fingerprint density at radius 1 is 0.976 bits per heavy atom. The fourth-order valence-electron chi connectivity index (χ4n) is 6.01. The fraction of sp³-hybridized carbons (Fsp3) is 0.219. The van der Waals surface area contributed by atoms with E-state index in [1.165, 1.54) is 17.0 Å². The minimum atomic E-state index is -0.952. The lowest BCUT2D eigenvalue weighted by Crippen LogP contribution is -2.53. The maximum Gasteiger partial charge on any atom is 0.254 e. The number of likely N-dealkylation sites (tertiary alicyclic amines) is 2. The van der Waals surface area contributed by atoms with E-state index in [9.17, 15) is 24.3 Å². The zero-order chi connectivity index (χ0) is 29.4. The van der Waals surface area contributed by atoms with Crippen molar-refractivity contribution in [3.8, 4) is 5.75 Å². The van der Waals surface area contributed by atoms with E-state index in [0.717, 1.165) is 21.9 Å². The number of benzene rings is 3. The number of Topliss-reactive ketones (excluding diaryl/α,β-unsaturated/α-hetero) is 1. The Kier molecular flexibility index (Phi) is 7.20. The summed E-state index contributed by atoms with van der Waals surface area (Å²) < 4.78 is 0. The molecule has 0 spiro atoms. The van der Waals surface area contributed by atoms with Gasteiger partial charge in [0.15, 0.2) is 5.78 Å². The number of amides is 3. The van der Waals surface area contributed by atoms with Crippen molar-refractivity contribution in [2.75, 3.05) is 13.1 Å². The van der Waals surface area contributed by atoms with E-state index in [-0.39, 0.29) is 42.9 Å². The Balaban J connectivity index is 1.24. The van der Waals surface area contributed by atoms with Crippen LogP contribution in [0.25, 0.3) is 10.9 Å². The van der Waals surface area contributed by atoms with Crippen LogP contribution >= 0.6 is 0 Å². The standard InChI is InChI=1S/C32H29BN4O5/c33-23-5-1-3-21(17-23)30(40)35-26(15-19-6-9-24(38)10-7-19)32(42)36-14-12-27-29(36)28(39)18-37(27)31(41)22-8-11-25-20(16-22)4-2-13-34-25/h1-11,13,16-17,26-27,29,38H,12,14-15,18,33H2,(H,35,40)/t26-,27+,29-/m0/s1. The summed E-state index contributed by atoms with van der Waals surface area (Å²) >= 11 is 0. The van der Waals surface area contributed by atoms with Crippen LogP contribution in [0.2, 0.25) is 0 Å². The van der Waals surface area contributed by atoms with Gasteiger partial charge in [-0.1, -0.05) is 41.9 Å². The highest BCUT2D eigenvalue weighted by atomic mass is 16.3. The minimum Gasteiger partial charge on any atom is -0.508 e. The first-order valence-electron chi connectivity index (χ1n) is 13.9. The van der Waals surface area contributed by atoms with E-state index in [2.05, 4.69) is 10.3 Å². The van der Waals surface area contributed by atoms with Crippen LogP contribution in [0.1, 0.15) is 32.7 Å². The van der Waals surface area contributed by atoms with Crippen LogP contribution in [-0.2, 0) is 16.0 Å². The number of carbonyl (C=O) groups excluding carboxylic acids is 4. The molecule has 6 rings (SSSR count). The second kappa shape index (κ2) is 11.1. The highest BCUT2D eigenvalue weighted by molar-refractivity contribution is 6.32. The van der Waals surface area contributed by atoms with Gasteiger partial charge < -0.3 is 20.2 Å². The number of nitrogens with zero attached hydrogens (tertiary/aromatic N) is 3. The Morgan fingerprint density at radius 2 is 1.79 bits per heavy atom. The van der Waals surface area contributed by atoms with E-state index < -0.39 is 24.0 Å². The molecule has 0 radical (unpaired) electrons. The topological polar surface area (TPSA) is 120 Å². The van der Waals surface area contributed by atoms with E-state index in [4.69, 9.17) is 0 Å². The second-order valence-corrected chi connectivity index (χ2v) is 10.9. The maximum absolute atomic E-state index is 14.0. The van der Waals surface area contributed by atoms with E-state index >= 15 is 0 Å². The highest BCUT2D eigenvalue weighted by Gasteiger charge is 2.52. The first-order chi connectivity index (χ1) is 20.3. The molecule has 0 bridgehead atoms. The van der Waals surface area contributed by atoms with Gasteiger partial charge >= 0.3 is 0 Å². The van der Waals surface area contributed by atoms with Crippen molar-refractivity contribution in [3.63, 3.8) is 0 Å². The Bertz CT molecular complexity index is 1710. The summed E-state index contributed by atoms with van der Waals surface area (Å²) in [6.07, 6.45) is 2.32. The van der Waals surface area contributed by atoms with Crippen molar-refractivity contribution in [2.24, 2.45) is 0 Å². The third-order valence-corrected chi connectivity index (χ3v) is 8.08. The SMILES string of the molecule is Bc1cccc(C(=O)N[C@@H](Cc2ccc(O)cc2)C(=O)N2CC[C@@H]3[C@H]2C(=O)CN3C(=O)c2ccc3ncccc3c2)c1. The molecule has 2 N–H and O–H groups in total. The molecular weight excluding hydrogens is 531 g/mol. The molecule has 9 nitrogen and oxygen atoms in total. The molecule has 3 atom stereocenters. The smallest absolute Gasteiger partial charge is 0.254 e. The number of aromatic nitrogens is 1. The van der Waals surface area contributed by atoms with Crippen LogP contribution in [0.5, 0.6) is 5.75 Å². The summed E-state index contributed by atoms with van der Waals surface area (Å²) in [7, 11) is 1.88. The molecule has 3 amide bonds. The first-order valence-corrected chi connectivity index (χ1v) is 13.9. The number of aromatic hydroxyl groups is 1. The average molecular weight is 560 g/mol. The van der Waals surface area contributed by atoms with Crippen LogP contribution in [0.4, 0.5) is 0 Å². The lowest BCUT2D eigenvalue weighted by Gasteiger charge is -2.28. The Labute approximate surface area is 243 Å². The fourth-order valence-corrected chi connectivity index (χ4v) is 6.01. The van der Waals surface area contributed by atoms with Gasteiger partial charge in [-0.25, -0.2) is 0 Å². The zero-order valence-electron chi connectivity index (χ0n) is 23.1. The number of rotatable bonds is 6. The zero-order valence-corrected chi connectivity index (χ0v) is 23.1. The van der Waals surface area contributed by atoms with Gasteiger partial charge in [-0.15, -0.1) is 0 Å². The quantitative estimate of drug-likeness (QED) is 0.343. The molecule has 3 aromatic carbocycles. The summed E-state index contributed by atoms with van der Waals surface area (Å²) in [6, 6.07) is 20.3. The molecule has 2 aliphatic heterocycles. The molecule has 1 aromatic heterocycles. The summed E-state index contributed by atoms with van der Waals surface area (Å²) in [5.41, 5.74) is 3.32. The molecule has 0 aliphatic carbocycles. The van der Waals surface area contributed by atoms with Crippen molar-refractivity contribution in [1.29, 1.82) is 0 Å². The number of ketones is 1. The van der Waals surface area contributed by atoms with Crippen LogP contribution in [0.3, 0.4) is 0 Å². The van der Waals surface area contributed by atoms with Crippen LogP contribution < -0.4 is 10.8 Å². The molecule has 210 valence electrons. The summed E-state index contributed by atoms with van der Waals surface area (Å²) in [6.45, 7) is 0.207. The highest BCUT2D eigenvalue weighted by Crippen LogP contribution is 2.32. The number of pyridine rings is 1. The van der Waals surface area contributed by atoms with Gasteiger partial charge in [-0.2, -0.15) is 0 Å². The molecule has 0 saturated carbocycles. The van der Waals surface area contributed by atoms with Crippen molar-refractivity contribution in [1.82, 2.24) is 20.1 Å². The molecule has 10 heteroatoms. The monoisotopic (exact) mass is 560 g/mol. The van der Waals surface area contributed by atoms with E-state index in [1.807, 2.05) is 20.0 Å². The third-order valence-electron chi connectivity index (χ3n) is 8.08. The summed E-state index contributed by atoms with van der Waals surface area (Å²) in [5.74, 6) is -1.14. The third kappa shape index (κ3) is 5.23. The van der Waals surface area contributed by atoms with Gasteiger partial charge in [0.1, 0.15) is 25.7 Å². The lowest BCUT2D eigenvalue weighted by atomic mass is 9.94. The number of hydrogen-bond donors (Lipinski definition) is 2. The predicted octanol–water partition coefficient (Wildman–Crippen LogP) is 1.23. The van der Waals surface area contributed by atoms with Crippen molar-refractivity contribution >= 4 is 47.7 Å². The van der Waals surface area contributed by atoms with Gasteiger partial charge in [0.25, 0.3) is 11.8 Å². The number of hydrogen-bond acceptors (Lipinski definition) is 6. The van der Waals surface area contributed by atoms with Gasteiger partial charge in [0.05, 0.1) is 18.1 Å². The molecule has 2 saturated heterocycles. The van der Waals surface area contributed by atoms with Crippen molar-refractivity contribution in [2.45, 2.75) is 31.0 Å². The van der Waals surface area contributed by atoms with E-state index in [0.29, 0.717) is 17.5 Å². The van der Waals surface area contributed by atoms with Gasteiger partial charge in [0.2, 0.25) is 5.91 Å². The molecular formula is C32H29BN4O5. The number of phenolic OH excluding ortho intramolecular Hbond substituents is 1.